The van der Waals surface area contributed by atoms with Crippen molar-refractivity contribution in [2.45, 2.75) is 29.7 Å². The minimum atomic E-state index is -1.44. The molecule has 0 saturated heterocycles. The van der Waals surface area contributed by atoms with Crippen LogP contribution in [0.4, 0.5) is 10.7 Å². The molecule has 2 amide bonds. The van der Waals surface area contributed by atoms with Crippen molar-refractivity contribution in [3.8, 4) is 0 Å². The second-order valence-electron chi connectivity index (χ2n) is 11.9. The number of amides is 2. The molecule has 1 aliphatic heterocycles. The number of carbonyl (C=O) groups is 5. The summed E-state index contributed by atoms with van der Waals surface area (Å²) in [7, 11) is 1.32. The molecule has 0 bridgehead atoms. The highest BCUT2D eigenvalue weighted by molar-refractivity contribution is 8.00. The van der Waals surface area contributed by atoms with Crippen LogP contribution in [0.2, 0.25) is 0 Å². The Hall–Kier alpha value is -5.76. The fraction of sp³-hybridized carbons (Fsp3) is 0.154. The lowest BCUT2D eigenvalue weighted by molar-refractivity contribution is -0.115. The number of benzene rings is 4. The first-order valence-electron chi connectivity index (χ1n) is 16.1. The predicted octanol–water partition coefficient (Wildman–Crippen LogP) is 7.21. The Morgan fingerprint density at radius 1 is 0.846 bits per heavy atom. The van der Waals surface area contributed by atoms with Gasteiger partial charge in [0.1, 0.15) is 10.3 Å². The summed E-state index contributed by atoms with van der Waals surface area (Å²) < 4.78 is 5.16. The second-order valence-corrected chi connectivity index (χ2v) is 14.2. The van der Waals surface area contributed by atoms with Gasteiger partial charge in [-0.1, -0.05) is 66.7 Å². The number of fused-ring (bicyclic) bond motifs is 1. The molecule has 264 valence electrons. The lowest BCUT2D eigenvalue weighted by atomic mass is 10.0. The number of rotatable bonds is 12. The van der Waals surface area contributed by atoms with Crippen LogP contribution in [-0.4, -0.2) is 58.5 Å². The number of nitrogens with one attached hydrogen (secondary N) is 2. The molecule has 11 nitrogen and oxygen atoms in total. The molecule has 4 N–H and O–H groups in total. The molecule has 2 heterocycles. The SMILES string of the molecule is COC(=O)c1c(NC(=O)C(Sc2cccc(NC(=O)c3ccc(C(=O)O)cc3C(=O)O)c2)c2ccccc2)sc2c1CCN(Cc1ccccc1)C2. The van der Waals surface area contributed by atoms with Crippen LogP contribution in [0.1, 0.15) is 68.2 Å². The number of nitrogens with zero attached hydrogens (tertiary/aromatic N) is 1. The maximum atomic E-state index is 14.2. The van der Waals surface area contributed by atoms with Crippen LogP contribution in [0, 0.1) is 0 Å². The molecule has 5 aromatic rings. The van der Waals surface area contributed by atoms with Gasteiger partial charge in [0.2, 0.25) is 5.91 Å². The van der Waals surface area contributed by atoms with Gasteiger partial charge < -0.3 is 25.6 Å². The fourth-order valence-electron chi connectivity index (χ4n) is 5.95. The minimum absolute atomic E-state index is 0.208. The van der Waals surface area contributed by atoms with E-state index in [-0.39, 0.29) is 17.0 Å². The predicted molar refractivity (Wildman–Crippen MR) is 198 cm³/mol. The van der Waals surface area contributed by atoms with E-state index in [1.807, 2.05) is 48.5 Å². The standard InChI is InChI=1S/C39H33N3O8S2/c1-50-39(49)32-29-17-18-42(21-23-9-4-2-5-10-23)22-31(29)52-36(32)41-35(44)33(24-11-6-3-7-12-24)51-27-14-8-13-26(20-27)40-34(43)28-16-15-25(37(45)46)19-30(28)38(47)48/h2-16,19-20,33H,17-18,21-22H2,1H3,(H,40,43)(H,41,44)(H,45,46)(H,47,48). The monoisotopic (exact) mass is 735 g/mol. The minimum Gasteiger partial charge on any atom is -0.478 e. The Morgan fingerprint density at radius 3 is 2.27 bits per heavy atom. The number of anilines is 2. The molecule has 0 saturated carbocycles. The number of thioether (sulfide) groups is 1. The van der Waals surface area contributed by atoms with Crippen LogP contribution >= 0.6 is 23.1 Å². The number of carboxylic acid groups (broad SMARTS) is 2. The highest BCUT2D eigenvalue weighted by Gasteiger charge is 2.31. The summed E-state index contributed by atoms with van der Waals surface area (Å²) in [5, 5.41) is 24.3. The third-order valence-electron chi connectivity index (χ3n) is 8.44. The van der Waals surface area contributed by atoms with E-state index in [9.17, 15) is 34.2 Å². The Morgan fingerprint density at radius 2 is 1.58 bits per heavy atom. The average Bonchev–Trinajstić information content (AvgIpc) is 3.50. The van der Waals surface area contributed by atoms with Crippen molar-refractivity contribution in [3.63, 3.8) is 0 Å². The lowest BCUT2D eigenvalue weighted by Crippen LogP contribution is -2.29. The normalized spacial score (nSPS) is 13.0. The van der Waals surface area contributed by atoms with E-state index >= 15 is 0 Å². The first-order valence-corrected chi connectivity index (χ1v) is 17.8. The quantitative estimate of drug-likeness (QED) is 0.0761. The molecule has 0 fully saturated rings. The Kier molecular flexibility index (Phi) is 11.1. The summed E-state index contributed by atoms with van der Waals surface area (Å²) in [6, 6.07) is 29.3. The first-order chi connectivity index (χ1) is 25.1. The lowest BCUT2D eigenvalue weighted by Gasteiger charge is -2.27. The van der Waals surface area contributed by atoms with E-state index in [0.717, 1.165) is 41.7 Å². The second kappa shape index (κ2) is 16.1. The summed E-state index contributed by atoms with van der Waals surface area (Å²) in [5.74, 6) is -4.38. The zero-order chi connectivity index (χ0) is 36.8. The van der Waals surface area contributed by atoms with Crippen molar-refractivity contribution < 1.29 is 38.9 Å². The summed E-state index contributed by atoms with van der Waals surface area (Å²) >= 11 is 2.61. The molecule has 52 heavy (non-hydrogen) atoms. The summed E-state index contributed by atoms with van der Waals surface area (Å²) in [6.45, 7) is 2.13. The number of aromatic carboxylic acids is 2. The molecular weight excluding hydrogens is 703 g/mol. The van der Waals surface area contributed by atoms with Crippen LogP contribution in [0.3, 0.4) is 0 Å². The Labute approximate surface area is 307 Å². The van der Waals surface area contributed by atoms with Crippen LogP contribution < -0.4 is 10.6 Å². The molecular formula is C39H33N3O8S2. The van der Waals surface area contributed by atoms with Crippen molar-refractivity contribution in [1.82, 2.24) is 4.90 Å². The van der Waals surface area contributed by atoms with Gasteiger partial charge in [0, 0.05) is 35.1 Å². The van der Waals surface area contributed by atoms with Crippen molar-refractivity contribution >= 4 is 63.5 Å². The summed E-state index contributed by atoms with van der Waals surface area (Å²) in [5.41, 5.74) is 2.56. The molecule has 4 aromatic carbocycles. The molecule has 1 atom stereocenters. The number of ether oxygens (including phenoxy) is 1. The molecule has 0 spiro atoms. The number of carbonyl (C=O) groups excluding carboxylic acids is 3. The molecule has 1 aliphatic rings. The average molecular weight is 736 g/mol. The van der Waals surface area contributed by atoms with Crippen LogP contribution in [0.5, 0.6) is 0 Å². The fourth-order valence-corrected chi connectivity index (χ4v) is 8.32. The van der Waals surface area contributed by atoms with Crippen molar-refractivity contribution in [3.05, 3.63) is 147 Å². The van der Waals surface area contributed by atoms with Crippen molar-refractivity contribution in [2.24, 2.45) is 0 Å². The first kappa shape index (κ1) is 36.0. The number of esters is 1. The van der Waals surface area contributed by atoms with E-state index in [4.69, 9.17) is 4.74 Å². The number of hydrogen-bond donors (Lipinski definition) is 4. The van der Waals surface area contributed by atoms with Crippen molar-refractivity contribution in [1.29, 1.82) is 0 Å². The third kappa shape index (κ3) is 8.23. The van der Waals surface area contributed by atoms with Gasteiger partial charge >= 0.3 is 17.9 Å². The molecule has 1 aromatic heterocycles. The zero-order valence-electron chi connectivity index (χ0n) is 27.8. The van der Waals surface area contributed by atoms with E-state index < -0.39 is 34.6 Å². The van der Waals surface area contributed by atoms with Gasteiger partial charge in [-0.3, -0.25) is 14.5 Å². The maximum absolute atomic E-state index is 14.2. The maximum Gasteiger partial charge on any atom is 0.341 e. The molecule has 13 heteroatoms. The van der Waals surface area contributed by atoms with E-state index in [1.165, 1.54) is 35.8 Å². The largest absolute Gasteiger partial charge is 0.478 e. The van der Waals surface area contributed by atoms with Gasteiger partial charge in [-0.15, -0.1) is 23.1 Å². The zero-order valence-corrected chi connectivity index (χ0v) is 29.5. The highest BCUT2D eigenvalue weighted by atomic mass is 32.2. The number of hydrogen-bond acceptors (Lipinski definition) is 9. The van der Waals surface area contributed by atoms with Gasteiger partial charge in [0.05, 0.1) is 29.4 Å². The molecule has 0 radical (unpaired) electrons. The van der Waals surface area contributed by atoms with Gasteiger partial charge in [0.25, 0.3) is 5.91 Å². The van der Waals surface area contributed by atoms with Crippen LogP contribution in [-0.2, 0) is 29.0 Å². The molecule has 6 rings (SSSR count). The summed E-state index contributed by atoms with van der Waals surface area (Å²) in [6.07, 6.45) is 0.631. The Balaban J connectivity index is 1.24. The van der Waals surface area contributed by atoms with Crippen LogP contribution in [0.15, 0.2) is 108 Å². The number of methoxy groups -OCH3 is 1. The van der Waals surface area contributed by atoms with Gasteiger partial charge in [0.15, 0.2) is 0 Å². The third-order valence-corrected chi connectivity index (χ3v) is 10.8. The molecule has 1 unspecified atom stereocenters. The Bertz CT molecular complexity index is 2150. The van der Waals surface area contributed by atoms with Crippen LogP contribution in [0.25, 0.3) is 0 Å². The van der Waals surface area contributed by atoms with Gasteiger partial charge in [-0.05, 0) is 59.5 Å². The number of carboxylic acids is 2. The smallest absolute Gasteiger partial charge is 0.341 e. The number of thiophene rings is 1. The van der Waals surface area contributed by atoms with E-state index in [1.54, 1.807) is 24.3 Å². The highest BCUT2D eigenvalue weighted by Crippen LogP contribution is 2.41. The molecule has 0 aliphatic carbocycles. The van der Waals surface area contributed by atoms with E-state index in [2.05, 4.69) is 27.7 Å². The van der Waals surface area contributed by atoms with E-state index in [0.29, 0.717) is 39.7 Å². The van der Waals surface area contributed by atoms with Crippen molar-refractivity contribution in [2.75, 3.05) is 24.3 Å². The summed E-state index contributed by atoms with van der Waals surface area (Å²) in [4.78, 5) is 67.5. The topological polar surface area (TPSA) is 162 Å². The van der Waals surface area contributed by atoms with Gasteiger partial charge in [-0.2, -0.15) is 0 Å². The van der Waals surface area contributed by atoms with Gasteiger partial charge in [-0.25, -0.2) is 14.4 Å².